The predicted molar refractivity (Wildman–Crippen MR) is 527 cm³/mol. The van der Waals surface area contributed by atoms with Crippen molar-refractivity contribution in [2.24, 2.45) is 51.7 Å². The number of rotatable bonds is 96. The van der Waals surface area contributed by atoms with Gasteiger partial charge in [0, 0.05) is 25.7 Å². The Morgan fingerprint density at radius 2 is 0.381 bits per heavy atom. The summed E-state index contributed by atoms with van der Waals surface area (Å²) in [5.41, 5.74) is 16.6. The van der Waals surface area contributed by atoms with Gasteiger partial charge in [-0.05, 0) is 108 Å². The standard InChI is InChI=1S/C109H209N3O14/c1-11-15-19-23-27-31-35-39-43-47-51-55-59-63-67-71-78-101(113)124-96(90-95(105(117)121-86-76-82-111)91-99(108(5,6)7)106(118)122-84-74-70-66-62-58-54-50-46-42-38-34-30-26-22-18-14-4)88-94(104(116)120-85-75-81-110)89-97(125-102(114)79-72-68-64-60-56-52-48-44-40-36-32-28-24-20-16-12-2)92-98(93-100(109(8,9)10)107(119)123-87-77-83-112)126-103(115)80-73-69-65-61-57-53-49-45-41-37-33-29-25-21-17-13-3/h94-100H,11-93,110-112H2,1-10H3. The first-order chi connectivity index (χ1) is 61.1. The van der Waals surface area contributed by atoms with Crippen LogP contribution in [0.4, 0.5) is 0 Å². The average Bonchev–Trinajstić information content (AvgIpc) is 0.837. The van der Waals surface area contributed by atoms with E-state index in [4.69, 9.17) is 50.4 Å². The van der Waals surface area contributed by atoms with Crippen LogP contribution in [0.3, 0.4) is 0 Å². The van der Waals surface area contributed by atoms with Crippen molar-refractivity contribution in [3.8, 4) is 0 Å². The van der Waals surface area contributed by atoms with Gasteiger partial charge in [0.15, 0.2) is 0 Å². The van der Waals surface area contributed by atoms with Crippen LogP contribution in [0.15, 0.2) is 0 Å². The number of ether oxygens (including phenoxy) is 7. The molecular formula is C109H209N3O14. The number of hydrogen-bond acceptors (Lipinski definition) is 17. The number of hydrogen-bond donors (Lipinski definition) is 3. The van der Waals surface area contributed by atoms with Gasteiger partial charge in [0.1, 0.15) is 18.3 Å². The first kappa shape index (κ1) is 122. The van der Waals surface area contributed by atoms with E-state index in [0.717, 1.165) is 96.3 Å². The monoisotopic (exact) mass is 1780 g/mol. The number of carbonyl (C=O) groups excluding carboxylic acids is 7. The van der Waals surface area contributed by atoms with E-state index in [1.165, 1.54) is 295 Å². The number of carbonyl (C=O) groups is 7. The molecule has 7 atom stereocenters. The lowest BCUT2D eigenvalue weighted by atomic mass is 9.74. The molecule has 0 aliphatic rings. The zero-order valence-corrected chi connectivity index (χ0v) is 84.7. The highest BCUT2D eigenvalue weighted by atomic mass is 16.6. The molecule has 0 fully saturated rings. The van der Waals surface area contributed by atoms with Crippen molar-refractivity contribution in [2.75, 3.05) is 46.1 Å². The predicted octanol–water partition coefficient (Wildman–Crippen LogP) is 30.1. The molecule has 0 saturated carbocycles. The minimum absolute atomic E-state index is 0.0106. The molecule has 0 spiro atoms. The molecule has 0 saturated heterocycles. The van der Waals surface area contributed by atoms with E-state index < -0.39 is 94.6 Å². The van der Waals surface area contributed by atoms with Crippen molar-refractivity contribution in [1.29, 1.82) is 0 Å². The summed E-state index contributed by atoms with van der Waals surface area (Å²) in [4.78, 5) is 103. The molecule has 17 nitrogen and oxygen atoms in total. The summed E-state index contributed by atoms with van der Waals surface area (Å²) < 4.78 is 44.0. The molecule has 744 valence electrons. The van der Waals surface area contributed by atoms with Crippen molar-refractivity contribution in [3.63, 3.8) is 0 Å². The molecule has 17 heteroatoms. The smallest absolute Gasteiger partial charge is 0.309 e. The number of unbranched alkanes of at least 4 members (excludes halogenated alkanes) is 60. The van der Waals surface area contributed by atoms with Crippen molar-refractivity contribution >= 4 is 41.8 Å². The molecule has 0 aromatic heterocycles. The van der Waals surface area contributed by atoms with Gasteiger partial charge >= 0.3 is 41.8 Å². The van der Waals surface area contributed by atoms with Crippen LogP contribution in [-0.2, 0) is 66.7 Å². The Morgan fingerprint density at radius 1 is 0.206 bits per heavy atom. The van der Waals surface area contributed by atoms with Crippen LogP contribution in [0.1, 0.15) is 557 Å². The maximum absolute atomic E-state index is 15.3. The summed E-state index contributed by atoms with van der Waals surface area (Å²) in [6.07, 6.45) is 74.8. The van der Waals surface area contributed by atoms with E-state index in [2.05, 4.69) is 27.7 Å². The Hall–Kier alpha value is -3.83. The lowest BCUT2D eigenvalue weighted by Crippen LogP contribution is -2.39. The molecule has 0 aliphatic heterocycles. The van der Waals surface area contributed by atoms with Gasteiger partial charge in [-0.2, -0.15) is 0 Å². The van der Waals surface area contributed by atoms with Gasteiger partial charge in [0.25, 0.3) is 0 Å². The van der Waals surface area contributed by atoms with Crippen LogP contribution in [0.25, 0.3) is 0 Å². The summed E-state index contributed by atoms with van der Waals surface area (Å²) in [6.45, 7) is 22.1. The summed E-state index contributed by atoms with van der Waals surface area (Å²) in [7, 11) is 0. The molecule has 126 heavy (non-hydrogen) atoms. The maximum Gasteiger partial charge on any atom is 0.309 e. The van der Waals surface area contributed by atoms with E-state index in [0.29, 0.717) is 45.1 Å². The van der Waals surface area contributed by atoms with Gasteiger partial charge in [0.2, 0.25) is 0 Å². The first-order valence-corrected chi connectivity index (χ1v) is 54.5. The molecule has 0 rings (SSSR count). The Labute approximate surface area is 777 Å². The quantitative estimate of drug-likeness (QED) is 0.0290. The fourth-order valence-corrected chi connectivity index (χ4v) is 17.8. The largest absolute Gasteiger partial charge is 0.465 e. The SMILES string of the molecule is CCCCCCCCCCCCCCCCCCOC(=O)C(CC(CC(CC(CC(CC(CC(C(=O)OCCCN)C(C)(C)C)OC(=O)CCCCCCCCCCCCCCCCCC)OC(=O)CCCCCCCCCCCCCCCCCC)C(=O)OCCCN)OC(=O)CCCCCCCCCCCCCCCCCC)C(=O)OCCCN)C(C)(C)C. The van der Waals surface area contributed by atoms with Crippen LogP contribution in [-0.4, -0.2) is 106 Å². The molecular weight excluding hydrogens is 1580 g/mol. The minimum atomic E-state index is -1.12. The highest BCUT2D eigenvalue weighted by Gasteiger charge is 2.42. The van der Waals surface area contributed by atoms with E-state index in [9.17, 15) is 28.8 Å². The Bertz CT molecular complexity index is 2470. The molecule has 0 heterocycles. The molecule has 0 aromatic carbocycles. The van der Waals surface area contributed by atoms with Crippen molar-refractivity contribution in [1.82, 2.24) is 0 Å². The van der Waals surface area contributed by atoms with E-state index in [1.54, 1.807) is 0 Å². The van der Waals surface area contributed by atoms with E-state index in [1.807, 2.05) is 41.5 Å². The highest BCUT2D eigenvalue weighted by Crippen LogP contribution is 2.39. The fourth-order valence-electron chi connectivity index (χ4n) is 17.8. The highest BCUT2D eigenvalue weighted by molar-refractivity contribution is 5.77. The average molecular weight is 1790 g/mol. The molecule has 0 radical (unpaired) electrons. The van der Waals surface area contributed by atoms with Crippen LogP contribution in [0.5, 0.6) is 0 Å². The van der Waals surface area contributed by atoms with Gasteiger partial charge < -0.3 is 50.4 Å². The zero-order valence-electron chi connectivity index (χ0n) is 84.7. The van der Waals surface area contributed by atoms with Crippen LogP contribution in [0.2, 0.25) is 0 Å². The molecule has 0 aliphatic carbocycles. The fraction of sp³-hybridized carbons (Fsp3) is 0.936. The third-order valence-corrected chi connectivity index (χ3v) is 26.1. The van der Waals surface area contributed by atoms with Crippen LogP contribution in [0, 0.1) is 34.5 Å². The van der Waals surface area contributed by atoms with Crippen LogP contribution < -0.4 is 17.2 Å². The second-order valence-electron chi connectivity index (χ2n) is 40.5. The first-order valence-electron chi connectivity index (χ1n) is 54.5. The topological polar surface area (TPSA) is 262 Å². The van der Waals surface area contributed by atoms with Crippen molar-refractivity contribution in [2.45, 2.75) is 576 Å². The van der Waals surface area contributed by atoms with Gasteiger partial charge in [-0.25, -0.2) is 0 Å². The summed E-state index contributed by atoms with van der Waals surface area (Å²) in [6, 6.07) is 0. The molecule has 0 aromatic rings. The third kappa shape index (κ3) is 77.7. The number of esters is 7. The zero-order chi connectivity index (χ0) is 92.7. The Balaban J connectivity index is 7.61. The number of nitrogens with two attached hydrogens (primary N) is 3. The minimum Gasteiger partial charge on any atom is -0.465 e. The second kappa shape index (κ2) is 89.1. The molecule has 0 bridgehead atoms. The Morgan fingerprint density at radius 3 is 0.603 bits per heavy atom. The van der Waals surface area contributed by atoms with Crippen molar-refractivity contribution in [3.05, 3.63) is 0 Å². The van der Waals surface area contributed by atoms with Gasteiger partial charge in [-0.1, -0.05) is 454 Å². The van der Waals surface area contributed by atoms with Gasteiger partial charge in [0.05, 0.1) is 50.1 Å². The summed E-state index contributed by atoms with van der Waals surface area (Å²) in [5.74, 6) is -7.14. The molecule has 0 amide bonds. The molecule has 6 N–H and O–H groups in total. The van der Waals surface area contributed by atoms with Crippen LogP contribution >= 0.6 is 0 Å². The lowest BCUT2D eigenvalue weighted by Gasteiger charge is -2.34. The van der Waals surface area contributed by atoms with E-state index in [-0.39, 0.29) is 97.3 Å². The maximum atomic E-state index is 15.3. The normalized spacial score (nSPS) is 13.5. The third-order valence-electron chi connectivity index (χ3n) is 26.1. The summed E-state index contributed by atoms with van der Waals surface area (Å²) >= 11 is 0. The van der Waals surface area contributed by atoms with Gasteiger partial charge in [-0.15, -0.1) is 0 Å². The van der Waals surface area contributed by atoms with Crippen molar-refractivity contribution < 1.29 is 66.7 Å². The van der Waals surface area contributed by atoms with Gasteiger partial charge in [-0.3, -0.25) is 33.6 Å². The summed E-state index contributed by atoms with van der Waals surface area (Å²) in [5, 5.41) is 0. The Kier molecular flexibility index (Phi) is 86.4. The second-order valence-corrected chi connectivity index (χ2v) is 40.5. The molecule has 7 unspecified atom stereocenters. The van der Waals surface area contributed by atoms with E-state index >= 15 is 4.79 Å². The lowest BCUT2D eigenvalue weighted by molar-refractivity contribution is -0.166.